The summed E-state index contributed by atoms with van der Waals surface area (Å²) in [6.45, 7) is 3.46. The predicted molar refractivity (Wildman–Crippen MR) is 77.0 cm³/mol. The molecular weight excluding hydrogens is 280 g/mol. The Morgan fingerprint density at radius 2 is 1.95 bits per heavy atom. The van der Waals surface area contributed by atoms with Crippen molar-refractivity contribution in [2.45, 2.75) is 19.9 Å². The number of hydrogen-bond acceptors (Lipinski definition) is 2. The van der Waals surface area contributed by atoms with Gasteiger partial charge in [0.2, 0.25) is 0 Å². The molecule has 0 saturated heterocycles. The van der Waals surface area contributed by atoms with Crippen molar-refractivity contribution in [1.29, 1.82) is 0 Å². The third-order valence-electron chi connectivity index (χ3n) is 3.09. The fraction of sp³-hybridized carbons (Fsp3) is 0.286. The Hall–Kier alpha value is -2.01. The lowest BCUT2D eigenvalue weighted by atomic mass is 10.0. The van der Waals surface area contributed by atoms with Crippen LogP contribution in [-0.2, 0) is 4.79 Å². The lowest BCUT2D eigenvalue weighted by molar-refractivity contribution is -0.140. The predicted octanol–water partition coefficient (Wildman–Crippen LogP) is 2.66. The van der Waals surface area contributed by atoms with Gasteiger partial charge in [0.05, 0.1) is 5.02 Å². The Balaban J connectivity index is 2.32. The molecule has 0 saturated carbocycles. The Morgan fingerprint density at radius 1 is 1.30 bits per heavy atom. The van der Waals surface area contributed by atoms with E-state index in [-0.39, 0.29) is 11.6 Å². The molecule has 106 valence electrons. The summed E-state index contributed by atoms with van der Waals surface area (Å²) in [6, 6.07) is 6.28. The van der Waals surface area contributed by atoms with Gasteiger partial charge in [-0.05, 0) is 12.0 Å². The molecule has 3 N–H and O–H groups in total. The summed E-state index contributed by atoms with van der Waals surface area (Å²) in [4.78, 5) is 26.2. The van der Waals surface area contributed by atoms with Crippen LogP contribution in [0.3, 0.4) is 0 Å². The average molecular weight is 295 g/mol. The number of H-pyrrole nitrogens is 1. The van der Waals surface area contributed by atoms with E-state index in [1.807, 2.05) is 12.1 Å². The molecule has 0 fully saturated rings. The van der Waals surface area contributed by atoms with E-state index in [0.717, 1.165) is 10.9 Å². The number of halogens is 1. The van der Waals surface area contributed by atoms with Crippen molar-refractivity contribution in [3.63, 3.8) is 0 Å². The minimum atomic E-state index is -1.07. The van der Waals surface area contributed by atoms with Crippen LogP contribution < -0.4 is 5.32 Å². The Kier molecular flexibility index (Phi) is 3.99. The first kappa shape index (κ1) is 14.4. The standard InChI is InChI=1S/C14H15ClN2O3/c1-7(2)11(14(19)20)17-13(18)12-10(15)8-5-3-4-6-9(8)16-12/h3-7,11,16H,1-2H3,(H,17,18)(H,19,20). The van der Waals surface area contributed by atoms with E-state index < -0.39 is 17.9 Å². The van der Waals surface area contributed by atoms with Crippen molar-refractivity contribution in [3.8, 4) is 0 Å². The van der Waals surface area contributed by atoms with Crippen molar-refractivity contribution in [2.24, 2.45) is 5.92 Å². The number of fused-ring (bicyclic) bond motifs is 1. The molecule has 1 atom stereocenters. The summed E-state index contributed by atoms with van der Waals surface area (Å²) < 4.78 is 0. The number of para-hydroxylation sites is 1. The Labute approximate surface area is 120 Å². The van der Waals surface area contributed by atoms with Crippen LogP contribution >= 0.6 is 11.6 Å². The van der Waals surface area contributed by atoms with E-state index >= 15 is 0 Å². The highest BCUT2D eigenvalue weighted by Crippen LogP contribution is 2.27. The number of carbonyl (C=O) groups excluding carboxylic acids is 1. The second-order valence-corrected chi connectivity index (χ2v) is 5.27. The summed E-state index contributed by atoms with van der Waals surface area (Å²) in [5.74, 6) is -1.81. The van der Waals surface area contributed by atoms with Gasteiger partial charge in [-0.1, -0.05) is 43.6 Å². The monoisotopic (exact) mass is 294 g/mol. The molecule has 0 aliphatic heterocycles. The lowest BCUT2D eigenvalue weighted by Gasteiger charge is -2.17. The number of carboxylic acid groups (broad SMARTS) is 1. The van der Waals surface area contributed by atoms with Crippen molar-refractivity contribution >= 4 is 34.4 Å². The van der Waals surface area contributed by atoms with Crippen LogP contribution in [0.15, 0.2) is 24.3 Å². The molecule has 1 aromatic heterocycles. The minimum absolute atomic E-state index is 0.180. The zero-order chi connectivity index (χ0) is 14.9. The lowest BCUT2D eigenvalue weighted by Crippen LogP contribution is -2.44. The van der Waals surface area contributed by atoms with Crippen molar-refractivity contribution in [2.75, 3.05) is 0 Å². The topological polar surface area (TPSA) is 82.2 Å². The number of aromatic nitrogens is 1. The van der Waals surface area contributed by atoms with E-state index in [9.17, 15) is 9.59 Å². The maximum atomic E-state index is 12.2. The maximum Gasteiger partial charge on any atom is 0.326 e. The van der Waals surface area contributed by atoms with Crippen molar-refractivity contribution in [1.82, 2.24) is 10.3 Å². The van der Waals surface area contributed by atoms with Gasteiger partial charge in [0.1, 0.15) is 11.7 Å². The van der Waals surface area contributed by atoms with E-state index in [4.69, 9.17) is 16.7 Å². The summed E-state index contributed by atoms with van der Waals surface area (Å²) in [5, 5.41) is 12.6. The van der Waals surface area contributed by atoms with Gasteiger partial charge in [0.15, 0.2) is 0 Å². The molecule has 1 unspecified atom stereocenters. The summed E-state index contributed by atoms with van der Waals surface area (Å²) in [7, 11) is 0. The van der Waals surface area contributed by atoms with E-state index in [1.54, 1.807) is 26.0 Å². The van der Waals surface area contributed by atoms with Crippen LogP contribution in [0.1, 0.15) is 24.3 Å². The van der Waals surface area contributed by atoms with Gasteiger partial charge < -0.3 is 15.4 Å². The second kappa shape index (κ2) is 5.54. The third kappa shape index (κ3) is 2.63. The highest BCUT2D eigenvalue weighted by Gasteiger charge is 2.26. The van der Waals surface area contributed by atoms with Crippen LogP contribution in [-0.4, -0.2) is 28.0 Å². The van der Waals surface area contributed by atoms with Crippen molar-refractivity contribution in [3.05, 3.63) is 35.0 Å². The fourth-order valence-electron chi connectivity index (χ4n) is 1.99. The number of aromatic amines is 1. The maximum absolute atomic E-state index is 12.2. The molecule has 0 radical (unpaired) electrons. The van der Waals surface area contributed by atoms with Crippen LogP contribution in [0, 0.1) is 5.92 Å². The molecule has 5 nitrogen and oxygen atoms in total. The Bertz CT molecular complexity index is 663. The molecule has 6 heteroatoms. The number of hydrogen-bond donors (Lipinski definition) is 3. The first-order valence-corrected chi connectivity index (χ1v) is 6.59. The van der Waals surface area contributed by atoms with Gasteiger partial charge in [-0.2, -0.15) is 0 Å². The van der Waals surface area contributed by atoms with E-state index in [2.05, 4.69) is 10.3 Å². The molecule has 0 spiro atoms. The first-order chi connectivity index (χ1) is 9.41. The largest absolute Gasteiger partial charge is 0.480 e. The molecule has 20 heavy (non-hydrogen) atoms. The molecule has 0 bridgehead atoms. The van der Waals surface area contributed by atoms with Gasteiger partial charge in [0, 0.05) is 10.9 Å². The minimum Gasteiger partial charge on any atom is -0.480 e. The SMILES string of the molecule is CC(C)C(NC(=O)c1[nH]c2ccccc2c1Cl)C(=O)O. The van der Waals surface area contributed by atoms with Gasteiger partial charge in [-0.25, -0.2) is 4.79 Å². The van der Waals surface area contributed by atoms with E-state index in [1.165, 1.54) is 0 Å². The van der Waals surface area contributed by atoms with Gasteiger partial charge >= 0.3 is 5.97 Å². The normalized spacial score (nSPS) is 12.6. The van der Waals surface area contributed by atoms with Crippen LogP contribution in [0.4, 0.5) is 0 Å². The highest BCUT2D eigenvalue weighted by molar-refractivity contribution is 6.38. The quantitative estimate of drug-likeness (QED) is 0.811. The smallest absolute Gasteiger partial charge is 0.326 e. The third-order valence-corrected chi connectivity index (χ3v) is 3.48. The first-order valence-electron chi connectivity index (χ1n) is 6.21. The molecule has 1 heterocycles. The fourth-order valence-corrected chi connectivity index (χ4v) is 2.29. The molecule has 0 aliphatic carbocycles. The zero-order valence-corrected chi connectivity index (χ0v) is 11.9. The number of benzene rings is 1. The zero-order valence-electron chi connectivity index (χ0n) is 11.1. The number of nitrogens with one attached hydrogen (secondary N) is 2. The number of amides is 1. The van der Waals surface area contributed by atoms with Gasteiger partial charge in [-0.3, -0.25) is 4.79 Å². The molecule has 0 aliphatic rings. The average Bonchev–Trinajstić information content (AvgIpc) is 2.73. The summed E-state index contributed by atoms with van der Waals surface area (Å²) in [5.41, 5.74) is 0.916. The molecule has 1 amide bonds. The summed E-state index contributed by atoms with van der Waals surface area (Å²) in [6.07, 6.45) is 0. The Morgan fingerprint density at radius 3 is 2.50 bits per heavy atom. The second-order valence-electron chi connectivity index (χ2n) is 4.89. The van der Waals surface area contributed by atoms with Crippen molar-refractivity contribution < 1.29 is 14.7 Å². The van der Waals surface area contributed by atoms with Crippen LogP contribution in [0.5, 0.6) is 0 Å². The molecular formula is C14H15ClN2O3. The molecule has 2 rings (SSSR count). The van der Waals surface area contributed by atoms with Gasteiger partial charge in [0.25, 0.3) is 5.91 Å². The number of aliphatic carboxylic acids is 1. The number of carboxylic acids is 1. The van der Waals surface area contributed by atoms with Crippen LogP contribution in [0.25, 0.3) is 10.9 Å². The molecule has 2 aromatic rings. The summed E-state index contributed by atoms with van der Waals surface area (Å²) >= 11 is 6.16. The van der Waals surface area contributed by atoms with Crippen LogP contribution in [0.2, 0.25) is 5.02 Å². The van der Waals surface area contributed by atoms with E-state index in [0.29, 0.717) is 5.02 Å². The van der Waals surface area contributed by atoms with Gasteiger partial charge in [-0.15, -0.1) is 0 Å². The molecule has 1 aromatic carbocycles. The number of rotatable bonds is 4. The highest BCUT2D eigenvalue weighted by atomic mass is 35.5. The number of carbonyl (C=O) groups is 2.